The summed E-state index contributed by atoms with van der Waals surface area (Å²) in [5.41, 5.74) is 9.82. The van der Waals surface area contributed by atoms with Gasteiger partial charge in [0.2, 0.25) is 0 Å². The average molecular weight is 189 g/mol. The summed E-state index contributed by atoms with van der Waals surface area (Å²) in [4.78, 5) is 0. The molecule has 0 saturated carbocycles. The highest BCUT2D eigenvalue weighted by atomic mass is 16.2. The highest BCUT2D eigenvalue weighted by molar-refractivity contribution is 5.56. The number of aliphatic hydroxyl groups excluding tert-OH is 1. The summed E-state index contributed by atoms with van der Waals surface area (Å²) >= 11 is 0. The van der Waals surface area contributed by atoms with Crippen molar-refractivity contribution in [3.8, 4) is 11.8 Å². The SMILES string of the molecule is CCc1cc(C#CCO)cc(N)c1C. The molecule has 2 nitrogen and oxygen atoms in total. The molecular weight excluding hydrogens is 174 g/mol. The minimum Gasteiger partial charge on any atom is -0.398 e. The zero-order valence-corrected chi connectivity index (χ0v) is 8.59. The van der Waals surface area contributed by atoms with Crippen LogP contribution in [-0.4, -0.2) is 11.7 Å². The summed E-state index contributed by atoms with van der Waals surface area (Å²) in [6.45, 7) is 3.98. The number of nitrogens with two attached hydrogens (primary N) is 1. The number of aryl methyl sites for hydroxylation is 1. The zero-order chi connectivity index (χ0) is 10.6. The first-order chi connectivity index (χ1) is 6.69. The van der Waals surface area contributed by atoms with Gasteiger partial charge in [-0.05, 0) is 36.6 Å². The first kappa shape index (κ1) is 10.6. The minimum atomic E-state index is -0.116. The predicted octanol–water partition coefficient (Wildman–Crippen LogP) is 1.48. The summed E-state index contributed by atoms with van der Waals surface area (Å²) in [6.07, 6.45) is 0.949. The van der Waals surface area contributed by atoms with Gasteiger partial charge in [0.05, 0.1) is 0 Å². The quantitative estimate of drug-likeness (QED) is 0.519. The van der Waals surface area contributed by atoms with Crippen molar-refractivity contribution in [3.05, 3.63) is 28.8 Å². The Bertz CT molecular complexity index is 385. The van der Waals surface area contributed by atoms with Crippen LogP contribution in [-0.2, 0) is 6.42 Å². The van der Waals surface area contributed by atoms with Gasteiger partial charge in [0.1, 0.15) is 6.61 Å². The Kier molecular flexibility index (Phi) is 3.55. The second-order valence-electron chi connectivity index (χ2n) is 3.16. The summed E-state index contributed by atoms with van der Waals surface area (Å²) in [5.74, 6) is 5.47. The van der Waals surface area contributed by atoms with Crippen LogP contribution in [0.5, 0.6) is 0 Å². The van der Waals surface area contributed by atoms with Crippen molar-refractivity contribution >= 4 is 5.69 Å². The van der Waals surface area contributed by atoms with Crippen LogP contribution in [0, 0.1) is 18.8 Å². The average Bonchev–Trinajstić information content (AvgIpc) is 2.19. The van der Waals surface area contributed by atoms with Crippen molar-refractivity contribution in [2.45, 2.75) is 20.3 Å². The van der Waals surface area contributed by atoms with Gasteiger partial charge in [0.25, 0.3) is 0 Å². The largest absolute Gasteiger partial charge is 0.398 e. The fourth-order valence-electron chi connectivity index (χ4n) is 1.38. The Morgan fingerprint density at radius 1 is 1.43 bits per heavy atom. The Morgan fingerprint density at radius 2 is 2.14 bits per heavy atom. The molecule has 0 saturated heterocycles. The minimum absolute atomic E-state index is 0.116. The van der Waals surface area contributed by atoms with E-state index in [4.69, 9.17) is 10.8 Å². The van der Waals surface area contributed by atoms with Crippen molar-refractivity contribution < 1.29 is 5.11 Å². The van der Waals surface area contributed by atoms with Gasteiger partial charge in [-0.25, -0.2) is 0 Å². The molecule has 0 heterocycles. The zero-order valence-electron chi connectivity index (χ0n) is 8.59. The van der Waals surface area contributed by atoms with E-state index in [1.807, 2.05) is 19.1 Å². The van der Waals surface area contributed by atoms with E-state index in [0.29, 0.717) is 0 Å². The maximum absolute atomic E-state index is 8.57. The molecule has 2 heteroatoms. The fraction of sp³-hybridized carbons (Fsp3) is 0.333. The number of hydrogen-bond acceptors (Lipinski definition) is 2. The van der Waals surface area contributed by atoms with Crippen molar-refractivity contribution in [1.82, 2.24) is 0 Å². The molecule has 0 aromatic heterocycles. The third kappa shape index (κ3) is 2.27. The van der Waals surface area contributed by atoms with E-state index in [9.17, 15) is 0 Å². The Morgan fingerprint density at radius 3 is 2.71 bits per heavy atom. The molecule has 0 atom stereocenters. The van der Waals surface area contributed by atoms with Gasteiger partial charge in [-0.3, -0.25) is 0 Å². The molecular formula is C12H15NO. The first-order valence-corrected chi connectivity index (χ1v) is 4.67. The molecule has 0 aliphatic rings. The van der Waals surface area contributed by atoms with Gasteiger partial charge >= 0.3 is 0 Å². The van der Waals surface area contributed by atoms with Gasteiger partial charge in [-0.1, -0.05) is 18.8 Å². The molecule has 0 amide bonds. The normalized spacial score (nSPS) is 9.36. The number of rotatable bonds is 1. The van der Waals surface area contributed by atoms with E-state index >= 15 is 0 Å². The van der Waals surface area contributed by atoms with Crippen LogP contribution in [0.15, 0.2) is 12.1 Å². The van der Waals surface area contributed by atoms with Crippen LogP contribution in [0.1, 0.15) is 23.6 Å². The molecule has 0 radical (unpaired) electrons. The van der Waals surface area contributed by atoms with Crippen molar-refractivity contribution in [2.24, 2.45) is 0 Å². The number of anilines is 1. The van der Waals surface area contributed by atoms with Crippen LogP contribution >= 0.6 is 0 Å². The van der Waals surface area contributed by atoms with Gasteiger partial charge in [-0.15, -0.1) is 0 Å². The number of nitrogen functional groups attached to an aromatic ring is 1. The van der Waals surface area contributed by atoms with Crippen molar-refractivity contribution in [1.29, 1.82) is 0 Å². The third-order valence-electron chi connectivity index (χ3n) is 2.25. The molecule has 0 aliphatic carbocycles. The van der Waals surface area contributed by atoms with Gasteiger partial charge < -0.3 is 10.8 Å². The van der Waals surface area contributed by atoms with Gasteiger partial charge in [0.15, 0.2) is 0 Å². The maximum atomic E-state index is 8.57. The van der Waals surface area contributed by atoms with Crippen molar-refractivity contribution in [3.63, 3.8) is 0 Å². The Balaban J connectivity index is 3.16. The molecule has 1 rings (SSSR count). The van der Waals surface area contributed by atoms with Crippen LogP contribution in [0.3, 0.4) is 0 Å². The van der Waals surface area contributed by atoms with Crippen LogP contribution < -0.4 is 5.73 Å². The molecule has 3 N–H and O–H groups in total. The van der Waals surface area contributed by atoms with E-state index in [1.165, 1.54) is 5.56 Å². The van der Waals surface area contributed by atoms with Gasteiger partial charge in [-0.2, -0.15) is 0 Å². The molecule has 0 spiro atoms. The molecule has 0 bridgehead atoms. The fourth-order valence-corrected chi connectivity index (χ4v) is 1.38. The standard InChI is InChI=1S/C12H15NO/c1-3-11-7-10(5-4-6-14)8-12(13)9(11)2/h7-8,14H,3,6,13H2,1-2H3. The Labute approximate surface area is 84.8 Å². The topological polar surface area (TPSA) is 46.2 Å². The molecule has 1 aromatic rings. The van der Waals surface area contributed by atoms with E-state index in [-0.39, 0.29) is 6.61 Å². The first-order valence-electron chi connectivity index (χ1n) is 4.67. The molecule has 74 valence electrons. The summed E-state index contributed by atoms with van der Waals surface area (Å²) in [5, 5.41) is 8.57. The second kappa shape index (κ2) is 4.69. The smallest absolute Gasteiger partial charge is 0.104 e. The predicted molar refractivity (Wildman–Crippen MR) is 58.9 cm³/mol. The number of aliphatic hydroxyl groups is 1. The second-order valence-corrected chi connectivity index (χ2v) is 3.16. The Hall–Kier alpha value is -1.46. The van der Waals surface area contributed by atoms with Crippen LogP contribution in [0.2, 0.25) is 0 Å². The molecule has 1 aromatic carbocycles. The van der Waals surface area contributed by atoms with Crippen LogP contribution in [0.4, 0.5) is 5.69 Å². The lowest BCUT2D eigenvalue weighted by atomic mass is 10.0. The van der Waals surface area contributed by atoms with E-state index in [0.717, 1.165) is 23.2 Å². The maximum Gasteiger partial charge on any atom is 0.104 e. The monoisotopic (exact) mass is 189 g/mol. The molecule has 14 heavy (non-hydrogen) atoms. The highest BCUT2D eigenvalue weighted by Gasteiger charge is 2.01. The summed E-state index contributed by atoms with van der Waals surface area (Å²) in [6, 6.07) is 3.87. The summed E-state index contributed by atoms with van der Waals surface area (Å²) < 4.78 is 0. The lowest BCUT2D eigenvalue weighted by Crippen LogP contribution is -1.96. The molecule has 0 fully saturated rings. The summed E-state index contributed by atoms with van der Waals surface area (Å²) in [7, 11) is 0. The lowest BCUT2D eigenvalue weighted by Gasteiger charge is -2.07. The number of hydrogen-bond donors (Lipinski definition) is 2. The van der Waals surface area contributed by atoms with E-state index in [1.54, 1.807) is 0 Å². The third-order valence-corrected chi connectivity index (χ3v) is 2.25. The van der Waals surface area contributed by atoms with E-state index < -0.39 is 0 Å². The van der Waals surface area contributed by atoms with Crippen molar-refractivity contribution in [2.75, 3.05) is 12.3 Å². The molecule has 0 unspecified atom stereocenters. The highest BCUT2D eigenvalue weighted by Crippen LogP contribution is 2.18. The van der Waals surface area contributed by atoms with Gasteiger partial charge in [0, 0.05) is 11.3 Å². The lowest BCUT2D eigenvalue weighted by molar-refractivity contribution is 0.350. The van der Waals surface area contributed by atoms with E-state index in [2.05, 4.69) is 18.8 Å². The number of benzene rings is 1. The van der Waals surface area contributed by atoms with Crippen LogP contribution in [0.25, 0.3) is 0 Å². The molecule has 0 aliphatic heterocycles.